The molecule has 0 radical (unpaired) electrons. The quantitative estimate of drug-likeness (QED) is 0.152. The number of hydrogen-bond acceptors (Lipinski definition) is 5. The third-order valence-corrected chi connectivity index (χ3v) is 13.9. The topological polar surface area (TPSA) is 69.4 Å². The molecular formula is C64H44N6. The van der Waals surface area contributed by atoms with E-state index in [0.717, 1.165) is 83.4 Å². The average Bonchev–Trinajstić information content (AvgIpc) is 3.87. The zero-order chi connectivity index (χ0) is 46.8. The third-order valence-electron chi connectivity index (χ3n) is 13.9. The average molecular weight is 897 g/mol. The molecule has 0 fully saturated rings. The number of benzene rings is 9. The minimum atomic E-state index is -0.197. The fraction of sp³-hybridized carbons (Fsp3) is 0.0469. The zero-order valence-corrected chi connectivity index (χ0v) is 38.6. The van der Waals surface area contributed by atoms with Crippen LogP contribution in [0, 0.1) is 0 Å². The van der Waals surface area contributed by atoms with Crippen LogP contribution in [0.5, 0.6) is 0 Å². The standard InChI is InChI=1S/C64H44N6/c1-64(2)53-34-19-18-33-49(53)50-39-52-51-38-47(63-68-60(44-27-14-6-15-28-44)67-61(69-63)45-29-16-7-17-30-45)35-36-55(51)70(56(52)40-54(50)64)48-32-20-31-46(37-48)62-65-58(42-23-10-4-11-24-42)57(41-21-8-3-9-22-41)59(66-62)43-25-12-5-13-26-43/h3-40H,1-2H3. The molecule has 0 saturated heterocycles. The van der Waals surface area contributed by atoms with Crippen LogP contribution in [0.15, 0.2) is 231 Å². The van der Waals surface area contributed by atoms with Gasteiger partial charge in [-0.3, -0.25) is 0 Å². The zero-order valence-electron chi connectivity index (χ0n) is 38.6. The predicted octanol–water partition coefficient (Wildman–Crippen LogP) is 15.7. The summed E-state index contributed by atoms with van der Waals surface area (Å²) in [7, 11) is 0. The van der Waals surface area contributed by atoms with Crippen LogP contribution in [0.25, 0.3) is 118 Å². The molecule has 0 aliphatic heterocycles. The van der Waals surface area contributed by atoms with E-state index < -0.39 is 0 Å². The third kappa shape index (κ3) is 6.91. The van der Waals surface area contributed by atoms with Crippen molar-refractivity contribution >= 4 is 21.8 Å². The molecule has 1 aliphatic carbocycles. The normalized spacial score (nSPS) is 12.5. The van der Waals surface area contributed by atoms with Crippen molar-refractivity contribution in [3.05, 3.63) is 242 Å². The van der Waals surface area contributed by atoms with Crippen molar-refractivity contribution in [1.82, 2.24) is 29.5 Å². The van der Waals surface area contributed by atoms with Crippen molar-refractivity contribution in [3.8, 4) is 96.0 Å². The van der Waals surface area contributed by atoms with Crippen molar-refractivity contribution in [2.75, 3.05) is 0 Å². The first-order valence-corrected chi connectivity index (χ1v) is 23.8. The van der Waals surface area contributed by atoms with Gasteiger partial charge >= 0.3 is 0 Å². The molecule has 0 N–H and O–H groups in total. The van der Waals surface area contributed by atoms with Crippen molar-refractivity contribution in [3.63, 3.8) is 0 Å². The Morgan fingerprint density at radius 1 is 0.314 bits per heavy atom. The summed E-state index contributed by atoms with van der Waals surface area (Å²) < 4.78 is 2.41. The molecule has 3 aromatic heterocycles. The van der Waals surface area contributed by atoms with Crippen molar-refractivity contribution in [2.45, 2.75) is 19.3 Å². The molecule has 12 aromatic rings. The molecule has 0 atom stereocenters. The maximum Gasteiger partial charge on any atom is 0.164 e. The van der Waals surface area contributed by atoms with Gasteiger partial charge in [0.25, 0.3) is 0 Å². The first-order valence-electron chi connectivity index (χ1n) is 23.8. The highest BCUT2D eigenvalue weighted by molar-refractivity contribution is 6.12. The molecule has 330 valence electrons. The molecule has 6 heteroatoms. The van der Waals surface area contributed by atoms with Crippen molar-refractivity contribution < 1.29 is 0 Å². The molecule has 0 spiro atoms. The van der Waals surface area contributed by atoms with Crippen molar-refractivity contribution in [1.29, 1.82) is 0 Å². The van der Waals surface area contributed by atoms with Gasteiger partial charge in [-0.2, -0.15) is 0 Å². The van der Waals surface area contributed by atoms with E-state index in [2.05, 4.69) is 176 Å². The largest absolute Gasteiger partial charge is 0.309 e. The molecule has 1 aliphatic rings. The molecule has 9 aromatic carbocycles. The summed E-state index contributed by atoms with van der Waals surface area (Å²) in [5.41, 5.74) is 17.7. The van der Waals surface area contributed by atoms with E-state index >= 15 is 0 Å². The van der Waals surface area contributed by atoms with E-state index in [9.17, 15) is 0 Å². The van der Waals surface area contributed by atoms with Crippen LogP contribution in [0.2, 0.25) is 0 Å². The Bertz CT molecular complexity index is 3820. The highest BCUT2D eigenvalue weighted by atomic mass is 15.0. The van der Waals surface area contributed by atoms with Gasteiger partial charge in [0.15, 0.2) is 23.3 Å². The van der Waals surface area contributed by atoms with Gasteiger partial charge in [0.2, 0.25) is 0 Å². The molecule has 13 rings (SSSR count). The second-order valence-electron chi connectivity index (χ2n) is 18.5. The SMILES string of the molecule is CC1(C)c2ccccc2-c2cc3c4cc(-c5nc(-c6ccccc6)nc(-c6ccccc6)n5)ccc4n(-c4cccc(-c5nc(-c6ccccc6)c(-c6ccccc6)c(-c6ccccc6)n5)c4)c3cc21. The Hall–Kier alpha value is -9.13. The lowest BCUT2D eigenvalue weighted by molar-refractivity contribution is 0.661. The van der Waals surface area contributed by atoms with Gasteiger partial charge in [-0.1, -0.05) is 202 Å². The van der Waals surface area contributed by atoms with Gasteiger partial charge in [0, 0.05) is 60.8 Å². The van der Waals surface area contributed by atoms with Crippen LogP contribution in [0.4, 0.5) is 0 Å². The molecular weight excluding hydrogens is 853 g/mol. The Morgan fingerprint density at radius 3 is 1.36 bits per heavy atom. The van der Waals surface area contributed by atoms with E-state index in [1.165, 1.54) is 22.3 Å². The van der Waals surface area contributed by atoms with Gasteiger partial charge in [0.1, 0.15) is 0 Å². The van der Waals surface area contributed by atoms with Gasteiger partial charge in [-0.05, 0) is 70.3 Å². The monoisotopic (exact) mass is 896 g/mol. The maximum absolute atomic E-state index is 5.48. The van der Waals surface area contributed by atoms with Crippen molar-refractivity contribution in [2.24, 2.45) is 0 Å². The number of fused-ring (bicyclic) bond motifs is 6. The van der Waals surface area contributed by atoms with Gasteiger partial charge in [0.05, 0.1) is 22.4 Å². The van der Waals surface area contributed by atoms with Gasteiger partial charge in [-0.15, -0.1) is 0 Å². The second-order valence-corrected chi connectivity index (χ2v) is 18.5. The lowest BCUT2D eigenvalue weighted by atomic mass is 9.82. The molecule has 0 bridgehead atoms. The maximum atomic E-state index is 5.48. The minimum Gasteiger partial charge on any atom is -0.309 e. The first kappa shape index (κ1) is 41.1. The fourth-order valence-electron chi connectivity index (χ4n) is 10.4. The summed E-state index contributed by atoms with van der Waals surface area (Å²) in [6, 6.07) is 80.7. The Labute approximate surface area is 406 Å². The molecule has 0 unspecified atom stereocenters. The molecule has 3 heterocycles. The van der Waals surface area contributed by atoms with E-state index in [4.69, 9.17) is 24.9 Å². The number of rotatable bonds is 8. The summed E-state index contributed by atoms with van der Waals surface area (Å²) in [4.78, 5) is 26.2. The van der Waals surface area contributed by atoms with E-state index in [1.807, 2.05) is 72.8 Å². The van der Waals surface area contributed by atoms with E-state index in [-0.39, 0.29) is 5.41 Å². The molecule has 0 amide bonds. The van der Waals surface area contributed by atoms with Gasteiger partial charge in [-0.25, -0.2) is 24.9 Å². The van der Waals surface area contributed by atoms with Crippen LogP contribution in [0.3, 0.4) is 0 Å². The summed E-state index contributed by atoms with van der Waals surface area (Å²) in [5, 5.41) is 2.25. The van der Waals surface area contributed by atoms with Crippen LogP contribution in [-0.4, -0.2) is 29.5 Å². The first-order chi connectivity index (χ1) is 34.5. The Balaban J connectivity index is 1.04. The minimum absolute atomic E-state index is 0.197. The smallest absolute Gasteiger partial charge is 0.164 e. The Morgan fingerprint density at radius 2 is 0.771 bits per heavy atom. The van der Waals surface area contributed by atoms with E-state index in [0.29, 0.717) is 23.3 Å². The number of hydrogen-bond donors (Lipinski definition) is 0. The lowest BCUT2D eigenvalue weighted by Gasteiger charge is -2.21. The highest BCUT2D eigenvalue weighted by Gasteiger charge is 2.36. The molecule has 70 heavy (non-hydrogen) atoms. The van der Waals surface area contributed by atoms with Crippen LogP contribution in [0.1, 0.15) is 25.0 Å². The highest BCUT2D eigenvalue weighted by Crippen LogP contribution is 2.51. The van der Waals surface area contributed by atoms with Crippen LogP contribution < -0.4 is 0 Å². The van der Waals surface area contributed by atoms with E-state index in [1.54, 1.807) is 0 Å². The molecule has 6 nitrogen and oxygen atoms in total. The second kappa shape index (κ2) is 16.6. The van der Waals surface area contributed by atoms with Crippen LogP contribution >= 0.6 is 0 Å². The predicted molar refractivity (Wildman–Crippen MR) is 285 cm³/mol. The Kier molecular flexibility index (Phi) is 9.73. The summed E-state index contributed by atoms with van der Waals surface area (Å²) in [6.07, 6.45) is 0. The summed E-state index contributed by atoms with van der Waals surface area (Å²) in [5.74, 6) is 2.53. The van der Waals surface area contributed by atoms with Crippen LogP contribution in [-0.2, 0) is 5.41 Å². The summed E-state index contributed by atoms with van der Waals surface area (Å²) >= 11 is 0. The number of aromatic nitrogens is 6. The fourth-order valence-corrected chi connectivity index (χ4v) is 10.4. The molecule has 0 saturated carbocycles. The number of nitrogens with zero attached hydrogens (tertiary/aromatic N) is 6. The van der Waals surface area contributed by atoms with Gasteiger partial charge < -0.3 is 4.57 Å². The summed E-state index contributed by atoms with van der Waals surface area (Å²) in [6.45, 7) is 4.69. The lowest BCUT2D eigenvalue weighted by Crippen LogP contribution is -2.14.